The number of halogens is 2. The van der Waals surface area contributed by atoms with Crippen LogP contribution in [0.3, 0.4) is 0 Å². The molecule has 108 valence electrons. The molecule has 1 unspecified atom stereocenters. The first kappa shape index (κ1) is 14.7. The van der Waals surface area contributed by atoms with Gasteiger partial charge in [0, 0.05) is 31.9 Å². The molecule has 0 saturated heterocycles. The molecule has 0 aliphatic rings. The number of hydrogen-bond acceptors (Lipinski definition) is 2. The number of likely N-dealkylation sites (N-methyl/N-ethyl adjacent to an activating group) is 1. The molecule has 1 heterocycles. The number of benzene rings is 1. The average Bonchev–Trinajstić information content (AvgIpc) is 2.80. The molecule has 0 saturated carbocycles. The highest BCUT2D eigenvalue weighted by Gasteiger charge is 2.13. The molecule has 20 heavy (non-hydrogen) atoms. The SMILES string of the molecule is CCNC(Cc1ccc(F)c(F)c1)Cc1nccn1C. The fourth-order valence-corrected chi connectivity index (χ4v) is 2.27. The van der Waals surface area contributed by atoms with Crippen molar-refractivity contribution in [3.05, 3.63) is 53.6 Å². The third-order valence-corrected chi connectivity index (χ3v) is 3.31. The summed E-state index contributed by atoms with van der Waals surface area (Å²) in [5.41, 5.74) is 0.782. The Morgan fingerprint density at radius 1 is 1.25 bits per heavy atom. The van der Waals surface area contributed by atoms with Crippen LogP contribution in [0.25, 0.3) is 0 Å². The molecule has 0 aliphatic heterocycles. The summed E-state index contributed by atoms with van der Waals surface area (Å²) in [7, 11) is 1.95. The summed E-state index contributed by atoms with van der Waals surface area (Å²) in [4.78, 5) is 4.30. The van der Waals surface area contributed by atoms with E-state index in [-0.39, 0.29) is 6.04 Å². The van der Waals surface area contributed by atoms with Gasteiger partial charge < -0.3 is 9.88 Å². The van der Waals surface area contributed by atoms with Crippen LogP contribution in [0.15, 0.2) is 30.6 Å². The predicted octanol–water partition coefficient (Wildman–Crippen LogP) is 2.46. The zero-order chi connectivity index (χ0) is 14.5. The van der Waals surface area contributed by atoms with Crippen LogP contribution in [0.4, 0.5) is 8.78 Å². The molecule has 1 aromatic carbocycles. The molecule has 0 fully saturated rings. The largest absolute Gasteiger partial charge is 0.338 e. The van der Waals surface area contributed by atoms with E-state index in [2.05, 4.69) is 10.3 Å². The second kappa shape index (κ2) is 6.61. The first-order valence-electron chi connectivity index (χ1n) is 6.73. The normalized spacial score (nSPS) is 12.6. The molecule has 0 spiro atoms. The number of imidazole rings is 1. The lowest BCUT2D eigenvalue weighted by Gasteiger charge is -2.18. The van der Waals surface area contributed by atoms with Gasteiger partial charge in [-0.3, -0.25) is 0 Å². The zero-order valence-corrected chi connectivity index (χ0v) is 11.7. The van der Waals surface area contributed by atoms with E-state index in [0.717, 1.165) is 24.4 Å². The van der Waals surface area contributed by atoms with E-state index >= 15 is 0 Å². The minimum atomic E-state index is -0.808. The van der Waals surface area contributed by atoms with E-state index in [0.29, 0.717) is 6.42 Å². The van der Waals surface area contributed by atoms with Crippen molar-refractivity contribution in [3.63, 3.8) is 0 Å². The van der Waals surface area contributed by atoms with Crippen molar-refractivity contribution in [1.82, 2.24) is 14.9 Å². The second-order valence-electron chi connectivity index (χ2n) is 4.87. The quantitative estimate of drug-likeness (QED) is 0.880. The van der Waals surface area contributed by atoms with Crippen molar-refractivity contribution >= 4 is 0 Å². The smallest absolute Gasteiger partial charge is 0.159 e. The van der Waals surface area contributed by atoms with E-state index in [4.69, 9.17) is 0 Å². The monoisotopic (exact) mass is 279 g/mol. The van der Waals surface area contributed by atoms with Gasteiger partial charge in [0.1, 0.15) is 5.82 Å². The second-order valence-corrected chi connectivity index (χ2v) is 4.87. The van der Waals surface area contributed by atoms with Crippen molar-refractivity contribution in [3.8, 4) is 0 Å². The Hall–Kier alpha value is -1.75. The maximum Gasteiger partial charge on any atom is 0.159 e. The van der Waals surface area contributed by atoms with Crippen molar-refractivity contribution < 1.29 is 8.78 Å². The van der Waals surface area contributed by atoms with E-state index in [1.165, 1.54) is 12.1 Å². The summed E-state index contributed by atoms with van der Waals surface area (Å²) in [5.74, 6) is -0.633. The summed E-state index contributed by atoms with van der Waals surface area (Å²) >= 11 is 0. The van der Waals surface area contributed by atoms with Crippen molar-refractivity contribution in [2.75, 3.05) is 6.54 Å². The maximum absolute atomic E-state index is 13.2. The van der Waals surface area contributed by atoms with Crippen molar-refractivity contribution in [2.24, 2.45) is 7.05 Å². The molecular weight excluding hydrogens is 260 g/mol. The molecule has 0 radical (unpaired) electrons. The van der Waals surface area contributed by atoms with Crippen LogP contribution in [-0.4, -0.2) is 22.1 Å². The van der Waals surface area contributed by atoms with Gasteiger partial charge in [0.05, 0.1) is 0 Å². The maximum atomic E-state index is 13.2. The van der Waals surface area contributed by atoms with Gasteiger partial charge in [0.25, 0.3) is 0 Å². The number of aryl methyl sites for hydroxylation is 1. The Morgan fingerprint density at radius 2 is 2.05 bits per heavy atom. The molecule has 1 aromatic heterocycles. The van der Waals surface area contributed by atoms with Gasteiger partial charge in [0.15, 0.2) is 11.6 Å². The van der Waals surface area contributed by atoms with Gasteiger partial charge in [-0.1, -0.05) is 13.0 Å². The Bertz CT molecular complexity index is 566. The van der Waals surface area contributed by atoms with Crippen molar-refractivity contribution in [1.29, 1.82) is 0 Å². The first-order valence-corrected chi connectivity index (χ1v) is 6.73. The van der Waals surface area contributed by atoms with Gasteiger partial charge in [-0.05, 0) is 30.7 Å². The van der Waals surface area contributed by atoms with Gasteiger partial charge in [-0.25, -0.2) is 13.8 Å². The number of rotatable bonds is 6. The van der Waals surface area contributed by atoms with Crippen LogP contribution in [0.1, 0.15) is 18.3 Å². The topological polar surface area (TPSA) is 29.9 Å². The summed E-state index contributed by atoms with van der Waals surface area (Å²) < 4.78 is 28.2. The summed E-state index contributed by atoms with van der Waals surface area (Å²) in [6.07, 6.45) is 5.04. The number of nitrogens with one attached hydrogen (secondary N) is 1. The van der Waals surface area contributed by atoms with Crippen LogP contribution >= 0.6 is 0 Å². The van der Waals surface area contributed by atoms with Gasteiger partial charge >= 0.3 is 0 Å². The highest BCUT2D eigenvalue weighted by atomic mass is 19.2. The molecule has 1 N–H and O–H groups in total. The zero-order valence-electron chi connectivity index (χ0n) is 11.7. The molecule has 1 atom stereocenters. The molecule has 3 nitrogen and oxygen atoms in total. The van der Waals surface area contributed by atoms with Gasteiger partial charge in [0.2, 0.25) is 0 Å². The van der Waals surface area contributed by atoms with Crippen LogP contribution < -0.4 is 5.32 Å². The van der Waals surface area contributed by atoms with Gasteiger partial charge in [-0.2, -0.15) is 0 Å². The minimum absolute atomic E-state index is 0.144. The molecular formula is C15H19F2N3. The van der Waals surface area contributed by atoms with Crippen molar-refractivity contribution in [2.45, 2.75) is 25.8 Å². The Kier molecular flexibility index (Phi) is 4.84. The van der Waals surface area contributed by atoms with E-state index in [9.17, 15) is 8.78 Å². The molecule has 0 aliphatic carbocycles. The van der Waals surface area contributed by atoms with E-state index in [1.54, 1.807) is 12.3 Å². The Labute approximate surface area is 117 Å². The average molecular weight is 279 g/mol. The third kappa shape index (κ3) is 3.63. The van der Waals surface area contributed by atoms with E-state index in [1.807, 2.05) is 24.7 Å². The van der Waals surface area contributed by atoms with Crippen LogP contribution in [0.5, 0.6) is 0 Å². The summed E-state index contributed by atoms with van der Waals surface area (Å²) in [6, 6.07) is 4.21. The molecule has 0 bridgehead atoms. The lowest BCUT2D eigenvalue weighted by Crippen LogP contribution is -2.34. The molecule has 2 rings (SSSR count). The van der Waals surface area contributed by atoms with Crippen LogP contribution in [0, 0.1) is 11.6 Å². The highest BCUT2D eigenvalue weighted by molar-refractivity contribution is 5.19. The number of nitrogens with zero attached hydrogens (tertiary/aromatic N) is 2. The van der Waals surface area contributed by atoms with Crippen LogP contribution in [0.2, 0.25) is 0 Å². The summed E-state index contributed by atoms with van der Waals surface area (Å²) in [5, 5.41) is 3.36. The van der Waals surface area contributed by atoms with Crippen LogP contribution in [-0.2, 0) is 19.9 Å². The number of hydrogen-bond donors (Lipinski definition) is 1. The Balaban J connectivity index is 2.08. The third-order valence-electron chi connectivity index (χ3n) is 3.31. The van der Waals surface area contributed by atoms with Gasteiger partial charge in [-0.15, -0.1) is 0 Å². The lowest BCUT2D eigenvalue weighted by molar-refractivity contribution is 0.491. The standard InChI is InChI=1S/C15H19F2N3/c1-3-18-12(10-15-19-6-7-20(15)2)8-11-4-5-13(16)14(17)9-11/h4-7,9,12,18H,3,8,10H2,1-2H3. The fourth-order valence-electron chi connectivity index (χ4n) is 2.27. The molecule has 2 aromatic rings. The van der Waals surface area contributed by atoms with E-state index < -0.39 is 11.6 Å². The Morgan fingerprint density at radius 3 is 2.65 bits per heavy atom. The summed E-state index contributed by atoms with van der Waals surface area (Å²) in [6.45, 7) is 2.84. The molecule has 0 amide bonds. The first-order chi connectivity index (χ1) is 9.60. The highest BCUT2D eigenvalue weighted by Crippen LogP contribution is 2.12. The molecule has 5 heteroatoms. The fraction of sp³-hybridized carbons (Fsp3) is 0.400. The lowest BCUT2D eigenvalue weighted by atomic mass is 10.0. The number of aromatic nitrogens is 2. The minimum Gasteiger partial charge on any atom is -0.338 e. The predicted molar refractivity (Wildman–Crippen MR) is 74.4 cm³/mol.